The second-order valence-corrected chi connectivity index (χ2v) is 3.06. The number of nitrogens with zero attached hydrogens (tertiary/aromatic N) is 1. The fraction of sp³-hybridized carbons (Fsp3) is 0.667. The number of hydroxylamine groups is 1. The first-order valence-corrected chi connectivity index (χ1v) is 3.40. The summed E-state index contributed by atoms with van der Waals surface area (Å²) in [4.78, 5) is 14.4. The molecule has 6 nitrogen and oxygen atoms in total. The van der Waals surface area contributed by atoms with E-state index in [1.807, 2.05) is 0 Å². The van der Waals surface area contributed by atoms with Crippen molar-refractivity contribution in [2.24, 2.45) is 21.9 Å². The van der Waals surface area contributed by atoms with Crippen LogP contribution in [0.4, 0.5) is 0 Å². The zero-order chi connectivity index (χ0) is 9.78. The second-order valence-electron chi connectivity index (χ2n) is 3.06. The third-order valence-corrected chi connectivity index (χ3v) is 1.43. The van der Waals surface area contributed by atoms with Crippen molar-refractivity contribution in [2.75, 3.05) is 6.54 Å². The Morgan fingerprint density at radius 2 is 2.08 bits per heavy atom. The number of amides is 1. The number of hydrogen-bond donors (Lipinski definition) is 4. The van der Waals surface area contributed by atoms with Crippen LogP contribution < -0.4 is 16.9 Å². The highest BCUT2D eigenvalue weighted by Crippen LogP contribution is 2.13. The molecule has 0 radical (unpaired) electrons. The highest BCUT2D eigenvalue weighted by Gasteiger charge is 2.24. The molecule has 0 rings (SSSR count). The molecule has 12 heavy (non-hydrogen) atoms. The van der Waals surface area contributed by atoms with E-state index in [0.29, 0.717) is 0 Å². The molecule has 0 bridgehead atoms. The van der Waals surface area contributed by atoms with E-state index in [9.17, 15) is 4.79 Å². The second kappa shape index (κ2) is 3.91. The van der Waals surface area contributed by atoms with Crippen molar-refractivity contribution in [3.05, 3.63) is 0 Å². The van der Waals surface area contributed by atoms with Crippen molar-refractivity contribution < 1.29 is 10.0 Å². The van der Waals surface area contributed by atoms with Crippen LogP contribution in [0.25, 0.3) is 0 Å². The first kappa shape index (κ1) is 10.7. The molecule has 1 amide bonds. The number of hydrogen-bond acceptors (Lipinski definition) is 3. The summed E-state index contributed by atoms with van der Waals surface area (Å²) in [5, 5.41) is 8.25. The van der Waals surface area contributed by atoms with Gasteiger partial charge < -0.3 is 11.5 Å². The van der Waals surface area contributed by atoms with Crippen LogP contribution in [0.15, 0.2) is 4.99 Å². The van der Waals surface area contributed by atoms with Gasteiger partial charge in [0.25, 0.3) is 0 Å². The zero-order valence-corrected chi connectivity index (χ0v) is 7.16. The van der Waals surface area contributed by atoms with Crippen LogP contribution in [0.2, 0.25) is 0 Å². The average Bonchev–Trinajstić information content (AvgIpc) is 2.00. The van der Waals surface area contributed by atoms with Crippen LogP contribution in [0, 0.1) is 5.41 Å². The minimum atomic E-state index is -0.749. The first-order valence-electron chi connectivity index (χ1n) is 3.40. The summed E-state index contributed by atoms with van der Waals surface area (Å²) < 4.78 is 0. The third kappa shape index (κ3) is 3.20. The number of rotatable bonds is 3. The number of primary amides is 1. The van der Waals surface area contributed by atoms with Gasteiger partial charge in [-0.1, -0.05) is 0 Å². The molecule has 0 aromatic rings. The highest BCUT2D eigenvalue weighted by atomic mass is 16.5. The van der Waals surface area contributed by atoms with Gasteiger partial charge in [-0.25, -0.2) is 5.48 Å². The fourth-order valence-corrected chi connectivity index (χ4v) is 0.396. The van der Waals surface area contributed by atoms with Crippen molar-refractivity contribution in [2.45, 2.75) is 13.8 Å². The van der Waals surface area contributed by atoms with Crippen LogP contribution in [0.5, 0.6) is 0 Å². The lowest BCUT2D eigenvalue weighted by atomic mass is 9.93. The van der Waals surface area contributed by atoms with Crippen molar-refractivity contribution in [1.82, 2.24) is 5.48 Å². The molecular weight excluding hydrogens is 160 g/mol. The van der Waals surface area contributed by atoms with Crippen LogP contribution in [-0.4, -0.2) is 23.6 Å². The molecule has 0 spiro atoms. The molecule has 0 heterocycles. The van der Waals surface area contributed by atoms with E-state index in [-0.39, 0.29) is 12.5 Å². The molecular formula is C6H14N4O2. The molecule has 0 aromatic heterocycles. The van der Waals surface area contributed by atoms with Gasteiger partial charge in [0, 0.05) is 0 Å². The molecule has 0 unspecified atom stereocenters. The topological polar surface area (TPSA) is 114 Å². The number of carbonyl (C=O) groups is 1. The molecule has 70 valence electrons. The SMILES string of the molecule is CC(C)(CN=C(N)NO)C(N)=O. The van der Waals surface area contributed by atoms with Crippen molar-refractivity contribution in [3.63, 3.8) is 0 Å². The van der Waals surface area contributed by atoms with E-state index < -0.39 is 11.3 Å². The Morgan fingerprint density at radius 3 is 2.42 bits per heavy atom. The third-order valence-electron chi connectivity index (χ3n) is 1.43. The van der Waals surface area contributed by atoms with Crippen LogP contribution in [0.1, 0.15) is 13.8 Å². The minimum Gasteiger partial charge on any atom is -0.369 e. The van der Waals surface area contributed by atoms with E-state index in [2.05, 4.69) is 4.99 Å². The van der Waals surface area contributed by atoms with E-state index in [1.165, 1.54) is 0 Å². The number of nitrogens with one attached hydrogen (secondary N) is 1. The van der Waals surface area contributed by atoms with E-state index in [0.717, 1.165) is 0 Å². The number of carbonyl (C=O) groups excluding carboxylic acids is 1. The minimum absolute atomic E-state index is 0.135. The largest absolute Gasteiger partial charge is 0.369 e. The lowest BCUT2D eigenvalue weighted by Gasteiger charge is -2.17. The van der Waals surface area contributed by atoms with Gasteiger partial charge in [-0.05, 0) is 13.8 Å². The lowest BCUT2D eigenvalue weighted by Crippen LogP contribution is -2.36. The van der Waals surface area contributed by atoms with Crippen LogP contribution in [-0.2, 0) is 4.79 Å². The van der Waals surface area contributed by atoms with Gasteiger partial charge in [-0.15, -0.1) is 0 Å². The maximum atomic E-state index is 10.8. The smallest absolute Gasteiger partial charge is 0.224 e. The van der Waals surface area contributed by atoms with Crippen LogP contribution >= 0.6 is 0 Å². The Bertz CT molecular complexity index is 200. The number of nitrogens with two attached hydrogens (primary N) is 2. The predicted octanol–water partition coefficient (Wildman–Crippen LogP) is -1.21. The predicted molar refractivity (Wildman–Crippen MR) is 44.4 cm³/mol. The summed E-state index contributed by atoms with van der Waals surface area (Å²) in [5.74, 6) is -0.596. The molecule has 0 saturated carbocycles. The molecule has 0 saturated heterocycles. The monoisotopic (exact) mass is 174 g/mol. The van der Waals surface area contributed by atoms with Gasteiger partial charge in [0.2, 0.25) is 11.9 Å². The van der Waals surface area contributed by atoms with E-state index in [4.69, 9.17) is 16.7 Å². The Labute approximate surface area is 70.6 Å². The van der Waals surface area contributed by atoms with E-state index in [1.54, 1.807) is 19.3 Å². The Morgan fingerprint density at radius 1 is 1.58 bits per heavy atom. The molecule has 0 aliphatic carbocycles. The van der Waals surface area contributed by atoms with E-state index >= 15 is 0 Å². The Balaban J connectivity index is 4.17. The molecule has 0 fully saturated rings. The van der Waals surface area contributed by atoms with Gasteiger partial charge >= 0.3 is 0 Å². The maximum Gasteiger partial charge on any atom is 0.224 e. The van der Waals surface area contributed by atoms with Gasteiger partial charge in [-0.2, -0.15) is 0 Å². The van der Waals surface area contributed by atoms with Crippen molar-refractivity contribution in [3.8, 4) is 0 Å². The van der Waals surface area contributed by atoms with Gasteiger partial charge in [0.05, 0.1) is 12.0 Å². The summed E-state index contributed by atoms with van der Waals surface area (Å²) in [6.07, 6.45) is 0. The standard InChI is InChI=1S/C6H14N4O2/c1-6(2,4(7)11)3-9-5(8)10-12/h12H,3H2,1-2H3,(H2,7,11)(H3,8,9,10). The molecule has 6 heteroatoms. The summed E-state index contributed by atoms with van der Waals surface area (Å²) in [7, 11) is 0. The molecule has 0 aliphatic heterocycles. The zero-order valence-electron chi connectivity index (χ0n) is 7.16. The van der Waals surface area contributed by atoms with Crippen LogP contribution in [0.3, 0.4) is 0 Å². The molecule has 0 aromatic carbocycles. The van der Waals surface area contributed by atoms with Gasteiger partial charge in [-0.3, -0.25) is 15.0 Å². The number of guanidine groups is 1. The summed E-state index contributed by atoms with van der Waals surface area (Å²) in [6.45, 7) is 3.43. The Hall–Kier alpha value is -1.30. The van der Waals surface area contributed by atoms with Crippen molar-refractivity contribution in [1.29, 1.82) is 0 Å². The number of aliphatic imine (C=N–C) groups is 1. The highest BCUT2D eigenvalue weighted by molar-refractivity contribution is 5.81. The van der Waals surface area contributed by atoms with Gasteiger partial charge in [0.15, 0.2) is 0 Å². The summed E-state index contributed by atoms with van der Waals surface area (Å²) >= 11 is 0. The first-order chi connectivity index (χ1) is 5.40. The summed E-state index contributed by atoms with van der Waals surface area (Å²) in [6, 6.07) is 0. The fourth-order valence-electron chi connectivity index (χ4n) is 0.396. The van der Waals surface area contributed by atoms with Crippen molar-refractivity contribution >= 4 is 11.9 Å². The average molecular weight is 174 g/mol. The summed E-state index contributed by atoms with van der Waals surface area (Å²) in [5.41, 5.74) is 11.1. The van der Waals surface area contributed by atoms with Gasteiger partial charge in [0.1, 0.15) is 0 Å². The normalized spacial score (nSPS) is 12.8. The Kier molecular flexibility index (Phi) is 3.49. The molecule has 0 aliphatic rings. The molecule has 6 N–H and O–H groups in total. The maximum absolute atomic E-state index is 10.8. The quantitative estimate of drug-likeness (QED) is 0.244. The lowest BCUT2D eigenvalue weighted by molar-refractivity contribution is -0.125. The molecule has 0 atom stereocenters.